The molecular formula is C20H22N2O2. The molecule has 1 saturated carbocycles. The Kier molecular flexibility index (Phi) is 4.60. The van der Waals surface area contributed by atoms with Crippen molar-refractivity contribution in [1.29, 1.82) is 5.26 Å². The van der Waals surface area contributed by atoms with Gasteiger partial charge in [0.2, 0.25) is 5.91 Å². The number of aliphatic hydroxyl groups excluding tert-OH is 1. The highest BCUT2D eigenvalue weighted by Crippen LogP contribution is 2.44. The van der Waals surface area contributed by atoms with E-state index in [1.807, 2.05) is 38.1 Å². The SMILES string of the molecule is CC(C)C#Cc1ccc([C@H]2[C@H](C#N)N(C(=O)C3CC3)[C@H]2CO)cc1. The van der Waals surface area contributed by atoms with E-state index in [2.05, 4.69) is 17.9 Å². The molecule has 1 aliphatic heterocycles. The highest BCUT2D eigenvalue weighted by molar-refractivity contribution is 5.83. The molecule has 0 unspecified atom stereocenters. The number of carbonyl (C=O) groups excluding carboxylic acids is 1. The smallest absolute Gasteiger partial charge is 0.227 e. The van der Waals surface area contributed by atoms with Crippen molar-refractivity contribution in [3.05, 3.63) is 35.4 Å². The summed E-state index contributed by atoms with van der Waals surface area (Å²) in [7, 11) is 0. The van der Waals surface area contributed by atoms with Gasteiger partial charge in [-0.15, -0.1) is 0 Å². The van der Waals surface area contributed by atoms with Crippen LogP contribution < -0.4 is 0 Å². The lowest BCUT2D eigenvalue weighted by Crippen LogP contribution is -2.65. The van der Waals surface area contributed by atoms with Crippen molar-refractivity contribution in [1.82, 2.24) is 4.90 Å². The van der Waals surface area contributed by atoms with Gasteiger partial charge in [0.1, 0.15) is 6.04 Å². The van der Waals surface area contributed by atoms with Crippen molar-refractivity contribution in [3.63, 3.8) is 0 Å². The number of benzene rings is 1. The molecule has 0 aromatic heterocycles. The fourth-order valence-electron chi connectivity index (χ4n) is 3.27. The van der Waals surface area contributed by atoms with Crippen molar-refractivity contribution in [2.75, 3.05) is 6.61 Å². The van der Waals surface area contributed by atoms with Crippen LogP contribution in [0.5, 0.6) is 0 Å². The van der Waals surface area contributed by atoms with Crippen molar-refractivity contribution < 1.29 is 9.90 Å². The summed E-state index contributed by atoms with van der Waals surface area (Å²) in [6, 6.07) is 9.27. The van der Waals surface area contributed by atoms with E-state index >= 15 is 0 Å². The van der Waals surface area contributed by atoms with Gasteiger partial charge in [0.05, 0.1) is 18.7 Å². The zero-order valence-corrected chi connectivity index (χ0v) is 14.1. The predicted octanol–water partition coefficient (Wildman–Crippen LogP) is 2.28. The summed E-state index contributed by atoms with van der Waals surface area (Å²) in [5, 5.41) is 19.2. The van der Waals surface area contributed by atoms with Crippen molar-refractivity contribution in [3.8, 4) is 17.9 Å². The van der Waals surface area contributed by atoms with Crippen LogP contribution in [0.2, 0.25) is 0 Å². The van der Waals surface area contributed by atoms with E-state index in [1.165, 1.54) is 0 Å². The average molecular weight is 322 g/mol. The number of rotatable bonds is 3. The van der Waals surface area contributed by atoms with Gasteiger partial charge >= 0.3 is 0 Å². The van der Waals surface area contributed by atoms with E-state index < -0.39 is 6.04 Å². The normalized spacial score (nSPS) is 25.5. The van der Waals surface area contributed by atoms with Crippen LogP contribution in [0.15, 0.2) is 24.3 Å². The fraction of sp³-hybridized carbons (Fsp3) is 0.500. The molecule has 1 heterocycles. The summed E-state index contributed by atoms with van der Waals surface area (Å²) < 4.78 is 0. The molecule has 2 fully saturated rings. The number of amides is 1. The molecule has 2 aliphatic rings. The molecule has 3 atom stereocenters. The Hall–Kier alpha value is -2.30. The number of likely N-dealkylation sites (tertiary alicyclic amines) is 1. The van der Waals surface area contributed by atoms with Crippen molar-refractivity contribution in [2.45, 2.75) is 44.7 Å². The zero-order chi connectivity index (χ0) is 17.3. The summed E-state index contributed by atoms with van der Waals surface area (Å²) in [5.41, 5.74) is 1.92. The van der Waals surface area contributed by atoms with Gasteiger partial charge in [-0.2, -0.15) is 5.26 Å². The lowest BCUT2D eigenvalue weighted by atomic mass is 9.75. The monoisotopic (exact) mass is 322 g/mol. The third-order valence-electron chi connectivity index (χ3n) is 4.71. The molecule has 4 nitrogen and oxygen atoms in total. The fourth-order valence-corrected chi connectivity index (χ4v) is 3.27. The summed E-state index contributed by atoms with van der Waals surface area (Å²) in [6.07, 6.45) is 1.80. The molecule has 0 radical (unpaired) electrons. The Morgan fingerprint density at radius 2 is 2.00 bits per heavy atom. The molecule has 3 rings (SSSR count). The second-order valence-corrected chi connectivity index (χ2v) is 6.92. The number of nitriles is 1. The number of hydrogen-bond acceptors (Lipinski definition) is 3. The molecule has 1 amide bonds. The number of hydrogen-bond donors (Lipinski definition) is 1. The van der Waals surface area contributed by atoms with Crippen LogP contribution in [0.4, 0.5) is 0 Å². The van der Waals surface area contributed by atoms with Gasteiger partial charge in [-0.1, -0.05) is 37.8 Å². The molecular weight excluding hydrogens is 300 g/mol. The van der Waals surface area contributed by atoms with E-state index in [4.69, 9.17) is 0 Å². The van der Waals surface area contributed by atoms with Gasteiger partial charge in [-0.25, -0.2) is 0 Å². The third-order valence-corrected chi connectivity index (χ3v) is 4.71. The van der Waals surface area contributed by atoms with Crippen LogP contribution in [0, 0.1) is 35.0 Å². The van der Waals surface area contributed by atoms with Crippen molar-refractivity contribution >= 4 is 5.91 Å². The zero-order valence-electron chi connectivity index (χ0n) is 14.1. The molecule has 24 heavy (non-hydrogen) atoms. The molecule has 1 aliphatic carbocycles. The molecule has 1 N–H and O–H groups in total. The lowest BCUT2D eigenvalue weighted by Gasteiger charge is -2.51. The van der Waals surface area contributed by atoms with E-state index in [-0.39, 0.29) is 30.4 Å². The first-order chi connectivity index (χ1) is 11.6. The predicted molar refractivity (Wildman–Crippen MR) is 90.7 cm³/mol. The largest absolute Gasteiger partial charge is 0.394 e. The van der Waals surface area contributed by atoms with Gasteiger partial charge in [0.25, 0.3) is 0 Å². The molecule has 0 bridgehead atoms. The maximum atomic E-state index is 12.4. The maximum absolute atomic E-state index is 12.4. The quantitative estimate of drug-likeness (QED) is 0.868. The first-order valence-corrected chi connectivity index (χ1v) is 8.51. The van der Waals surface area contributed by atoms with Crippen LogP contribution >= 0.6 is 0 Å². The Balaban J connectivity index is 1.79. The maximum Gasteiger partial charge on any atom is 0.227 e. The minimum Gasteiger partial charge on any atom is -0.394 e. The standard InChI is InChI=1S/C20H22N2O2/c1-13(2)3-4-14-5-7-15(8-6-14)19-17(11-21)22(18(19)12-23)20(24)16-9-10-16/h5-8,13,16-19,23H,9-10,12H2,1-2H3/t17-,18-,19-/m0/s1. The van der Waals surface area contributed by atoms with Gasteiger partial charge in [0, 0.05) is 23.3 Å². The second kappa shape index (κ2) is 6.67. The van der Waals surface area contributed by atoms with Gasteiger partial charge in [0.15, 0.2) is 0 Å². The highest BCUT2D eigenvalue weighted by Gasteiger charge is 2.53. The molecule has 1 saturated heterocycles. The minimum absolute atomic E-state index is 0.0243. The van der Waals surface area contributed by atoms with Crippen LogP contribution in [0.3, 0.4) is 0 Å². The van der Waals surface area contributed by atoms with Gasteiger partial charge in [-0.05, 0) is 30.5 Å². The topological polar surface area (TPSA) is 64.3 Å². The molecule has 4 heteroatoms. The average Bonchev–Trinajstić information content (AvgIpc) is 3.38. The van der Waals surface area contributed by atoms with Crippen LogP contribution in [-0.2, 0) is 4.79 Å². The lowest BCUT2D eigenvalue weighted by molar-refractivity contribution is -0.148. The van der Waals surface area contributed by atoms with E-state index in [0.717, 1.165) is 24.0 Å². The number of carbonyl (C=O) groups is 1. The summed E-state index contributed by atoms with van der Waals surface area (Å²) in [5.74, 6) is 6.52. The van der Waals surface area contributed by atoms with Crippen LogP contribution in [-0.4, -0.2) is 34.6 Å². The van der Waals surface area contributed by atoms with E-state index in [9.17, 15) is 15.2 Å². The van der Waals surface area contributed by atoms with Gasteiger partial charge < -0.3 is 10.0 Å². The summed E-state index contributed by atoms with van der Waals surface area (Å²) >= 11 is 0. The second-order valence-electron chi connectivity index (χ2n) is 6.92. The first kappa shape index (κ1) is 16.6. The highest BCUT2D eigenvalue weighted by atomic mass is 16.3. The summed E-state index contributed by atoms with van der Waals surface area (Å²) in [4.78, 5) is 13.9. The number of aliphatic hydroxyl groups is 1. The molecule has 124 valence electrons. The van der Waals surface area contributed by atoms with E-state index in [1.54, 1.807) is 4.90 Å². The Bertz CT molecular complexity index is 717. The Labute approximate surface area is 143 Å². The van der Waals surface area contributed by atoms with Crippen LogP contribution in [0.1, 0.15) is 43.7 Å². The Morgan fingerprint density at radius 3 is 2.50 bits per heavy atom. The number of nitrogens with zero attached hydrogens (tertiary/aromatic N) is 2. The minimum atomic E-state index is -0.483. The summed E-state index contributed by atoms with van der Waals surface area (Å²) in [6.45, 7) is 3.98. The first-order valence-electron chi connectivity index (χ1n) is 8.51. The Morgan fingerprint density at radius 1 is 1.33 bits per heavy atom. The van der Waals surface area contributed by atoms with Crippen molar-refractivity contribution in [2.24, 2.45) is 11.8 Å². The van der Waals surface area contributed by atoms with Crippen LogP contribution in [0.25, 0.3) is 0 Å². The third kappa shape index (κ3) is 3.03. The molecule has 1 aromatic rings. The molecule has 1 aromatic carbocycles. The molecule has 0 spiro atoms. The van der Waals surface area contributed by atoms with E-state index in [0.29, 0.717) is 5.92 Å². The van der Waals surface area contributed by atoms with Gasteiger partial charge in [-0.3, -0.25) is 4.79 Å².